The van der Waals surface area contributed by atoms with Crippen molar-refractivity contribution in [2.75, 3.05) is 11.9 Å². The Hall–Kier alpha value is -2.30. The summed E-state index contributed by atoms with van der Waals surface area (Å²) in [4.78, 5) is 11.7. The minimum atomic E-state index is -0.0452. The molecule has 0 radical (unpaired) electrons. The predicted octanol–water partition coefficient (Wildman–Crippen LogP) is 2.53. The summed E-state index contributed by atoms with van der Waals surface area (Å²) in [5, 5.41) is 6.83. The van der Waals surface area contributed by atoms with Gasteiger partial charge in [0, 0.05) is 25.7 Å². The van der Waals surface area contributed by atoms with Crippen LogP contribution in [0.25, 0.3) is 0 Å². The van der Waals surface area contributed by atoms with Gasteiger partial charge in [0.2, 0.25) is 5.91 Å². The summed E-state index contributed by atoms with van der Waals surface area (Å²) in [6, 6.07) is 9.64. The Kier molecular flexibility index (Phi) is 4.76. The molecule has 2 aromatic rings. The van der Waals surface area contributed by atoms with Crippen LogP contribution in [0, 0.1) is 6.92 Å². The lowest BCUT2D eigenvalue weighted by atomic mass is 10.2. The van der Waals surface area contributed by atoms with Crippen LogP contribution in [0.3, 0.4) is 0 Å². The second-order valence-electron chi connectivity index (χ2n) is 4.69. The fourth-order valence-corrected chi connectivity index (χ4v) is 1.74. The summed E-state index contributed by atoms with van der Waals surface area (Å²) in [6.45, 7) is 2.56. The number of aromatic nitrogens is 2. The molecule has 0 unspecified atom stereocenters. The van der Waals surface area contributed by atoms with Gasteiger partial charge in [0.25, 0.3) is 0 Å². The maximum Gasteiger partial charge on any atom is 0.225 e. The summed E-state index contributed by atoms with van der Waals surface area (Å²) >= 11 is 0. The van der Waals surface area contributed by atoms with E-state index in [1.165, 1.54) is 5.56 Å². The van der Waals surface area contributed by atoms with Crippen molar-refractivity contribution in [3.63, 3.8) is 0 Å². The van der Waals surface area contributed by atoms with Crippen LogP contribution in [-0.4, -0.2) is 22.3 Å². The fraction of sp³-hybridized carbons (Fsp3) is 0.333. The van der Waals surface area contributed by atoms with E-state index < -0.39 is 0 Å². The number of carbonyl (C=O) groups excluding carboxylic acids is 1. The molecule has 20 heavy (non-hydrogen) atoms. The van der Waals surface area contributed by atoms with E-state index in [2.05, 4.69) is 10.4 Å². The molecule has 5 heteroatoms. The highest BCUT2D eigenvalue weighted by molar-refractivity contribution is 5.89. The first-order valence-electron chi connectivity index (χ1n) is 6.62. The first kappa shape index (κ1) is 14.1. The van der Waals surface area contributed by atoms with E-state index in [-0.39, 0.29) is 5.91 Å². The minimum Gasteiger partial charge on any atom is -0.494 e. The number of hydrogen-bond donors (Lipinski definition) is 1. The molecule has 2 rings (SSSR count). The van der Waals surface area contributed by atoms with E-state index in [1.807, 2.05) is 38.2 Å². The van der Waals surface area contributed by atoms with Gasteiger partial charge >= 0.3 is 0 Å². The molecule has 1 heterocycles. The zero-order valence-corrected chi connectivity index (χ0v) is 11.8. The van der Waals surface area contributed by atoms with Gasteiger partial charge in [-0.1, -0.05) is 17.7 Å². The monoisotopic (exact) mass is 273 g/mol. The van der Waals surface area contributed by atoms with Crippen molar-refractivity contribution in [3.8, 4) is 5.75 Å². The lowest BCUT2D eigenvalue weighted by Gasteiger charge is -2.06. The number of aryl methyl sites for hydroxylation is 2. The third-order valence-electron chi connectivity index (χ3n) is 2.82. The zero-order chi connectivity index (χ0) is 14.4. The smallest absolute Gasteiger partial charge is 0.225 e. The topological polar surface area (TPSA) is 56.1 Å². The Morgan fingerprint density at radius 3 is 2.70 bits per heavy atom. The third-order valence-corrected chi connectivity index (χ3v) is 2.82. The summed E-state index contributed by atoms with van der Waals surface area (Å²) in [5.41, 5.74) is 1.20. The van der Waals surface area contributed by atoms with Crippen molar-refractivity contribution < 1.29 is 9.53 Å². The van der Waals surface area contributed by atoms with Gasteiger partial charge < -0.3 is 10.1 Å². The minimum absolute atomic E-state index is 0.0452. The molecule has 1 N–H and O–H groups in total. The molecule has 1 aromatic carbocycles. The van der Waals surface area contributed by atoms with Crippen molar-refractivity contribution in [1.29, 1.82) is 0 Å². The van der Waals surface area contributed by atoms with Crippen LogP contribution in [0.2, 0.25) is 0 Å². The standard InChI is InChI=1S/C15H19N3O2/c1-12-5-7-13(8-6-12)20-11-3-4-15(19)16-14-9-10-18(2)17-14/h5-10H,3-4,11H2,1-2H3,(H,16,17,19). The van der Waals surface area contributed by atoms with Crippen molar-refractivity contribution in [3.05, 3.63) is 42.1 Å². The number of carbonyl (C=O) groups is 1. The highest BCUT2D eigenvalue weighted by Gasteiger charge is 2.04. The molecule has 5 nitrogen and oxygen atoms in total. The molecule has 0 aliphatic heterocycles. The van der Waals surface area contributed by atoms with Crippen LogP contribution >= 0.6 is 0 Å². The lowest BCUT2D eigenvalue weighted by Crippen LogP contribution is -2.13. The van der Waals surface area contributed by atoms with Gasteiger partial charge in [0.05, 0.1) is 6.61 Å². The summed E-state index contributed by atoms with van der Waals surface area (Å²) in [7, 11) is 1.81. The number of ether oxygens (including phenoxy) is 1. The molecule has 0 aliphatic rings. The zero-order valence-electron chi connectivity index (χ0n) is 11.8. The largest absolute Gasteiger partial charge is 0.494 e. The van der Waals surface area contributed by atoms with Gasteiger partial charge in [-0.15, -0.1) is 0 Å². The van der Waals surface area contributed by atoms with E-state index in [9.17, 15) is 4.79 Å². The molecule has 0 fully saturated rings. The fourth-order valence-electron chi connectivity index (χ4n) is 1.74. The number of amides is 1. The van der Waals surface area contributed by atoms with E-state index >= 15 is 0 Å². The van der Waals surface area contributed by atoms with E-state index in [1.54, 1.807) is 16.9 Å². The highest BCUT2D eigenvalue weighted by Crippen LogP contribution is 2.12. The first-order chi connectivity index (χ1) is 9.63. The lowest BCUT2D eigenvalue weighted by molar-refractivity contribution is -0.116. The normalized spacial score (nSPS) is 10.3. The van der Waals surface area contributed by atoms with Crippen molar-refractivity contribution >= 4 is 11.7 Å². The number of rotatable bonds is 6. The number of nitrogens with zero attached hydrogens (tertiary/aromatic N) is 2. The van der Waals surface area contributed by atoms with Crippen LogP contribution in [0.4, 0.5) is 5.82 Å². The Bertz CT molecular complexity index is 561. The van der Waals surface area contributed by atoms with Crippen LogP contribution in [-0.2, 0) is 11.8 Å². The van der Waals surface area contributed by atoms with Crippen LogP contribution in [0.15, 0.2) is 36.5 Å². The molecule has 106 valence electrons. The van der Waals surface area contributed by atoms with E-state index in [4.69, 9.17) is 4.74 Å². The van der Waals surface area contributed by atoms with Gasteiger partial charge in [-0.05, 0) is 25.5 Å². The molecule has 1 amide bonds. The number of nitrogens with one attached hydrogen (secondary N) is 1. The second-order valence-corrected chi connectivity index (χ2v) is 4.69. The SMILES string of the molecule is Cc1ccc(OCCCC(=O)Nc2ccn(C)n2)cc1. The predicted molar refractivity (Wildman–Crippen MR) is 77.7 cm³/mol. The molecule has 0 aliphatic carbocycles. The number of hydrogen-bond acceptors (Lipinski definition) is 3. The van der Waals surface area contributed by atoms with E-state index in [0.29, 0.717) is 25.3 Å². The molecule has 0 spiro atoms. The Morgan fingerprint density at radius 1 is 1.30 bits per heavy atom. The quantitative estimate of drug-likeness (QED) is 0.823. The first-order valence-corrected chi connectivity index (χ1v) is 6.62. The van der Waals surface area contributed by atoms with Crippen molar-refractivity contribution in [1.82, 2.24) is 9.78 Å². The second kappa shape index (κ2) is 6.75. The maximum absolute atomic E-state index is 11.7. The van der Waals surface area contributed by atoms with Gasteiger partial charge in [-0.25, -0.2) is 0 Å². The maximum atomic E-state index is 11.7. The molecule has 1 aromatic heterocycles. The molecule has 0 saturated heterocycles. The molecule has 0 saturated carbocycles. The van der Waals surface area contributed by atoms with Crippen LogP contribution in [0.1, 0.15) is 18.4 Å². The molecule has 0 atom stereocenters. The van der Waals surface area contributed by atoms with Gasteiger partial charge in [0.1, 0.15) is 5.75 Å². The Morgan fingerprint density at radius 2 is 2.05 bits per heavy atom. The third kappa shape index (κ3) is 4.42. The average Bonchev–Trinajstić information content (AvgIpc) is 2.82. The highest BCUT2D eigenvalue weighted by atomic mass is 16.5. The van der Waals surface area contributed by atoms with Crippen LogP contribution in [0.5, 0.6) is 5.75 Å². The van der Waals surface area contributed by atoms with E-state index in [0.717, 1.165) is 5.75 Å². The Labute approximate surface area is 118 Å². The average molecular weight is 273 g/mol. The van der Waals surface area contributed by atoms with Crippen LogP contribution < -0.4 is 10.1 Å². The Balaban J connectivity index is 1.65. The van der Waals surface area contributed by atoms with Crippen molar-refractivity contribution in [2.45, 2.75) is 19.8 Å². The molecule has 0 bridgehead atoms. The summed E-state index contributed by atoms with van der Waals surface area (Å²) in [5.74, 6) is 1.37. The van der Waals surface area contributed by atoms with Gasteiger partial charge in [-0.3, -0.25) is 9.48 Å². The van der Waals surface area contributed by atoms with Gasteiger partial charge in [-0.2, -0.15) is 5.10 Å². The summed E-state index contributed by atoms with van der Waals surface area (Å²) < 4.78 is 7.21. The number of benzene rings is 1. The van der Waals surface area contributed by atoms with Crippen molar-refractivity contribution in [2.24, 2.45) is 7.05 Å². The van der Waals surface area contributed by atoms with Gasteiger partial charge in [0.15, 0.2) is 5.82 Å². The molecular weight excluding hydrogens is 254 g/mol. The number of anilines is 1. The summed E-state index contributed by atoms with van der Waals surface area (Å²) in [6.07, 6.45) is 2.88. The molecular formula is C15H19N3O2.